The van der Waals surface area contributed by atoms with Crippen LogP contribution in [0.5, 0.6) is 0 Å². The van der Waals surface area contributed by atoms with Crippen LogP contribution in [0.4, 0.5) is 16.2 Å². The molecule has 0 atom stereocenters. The first kappa shape index (κ1) is 21.9. The summed E-state index contributed by atoms with van der Waals surface area (Å²) in [6.45, 7) is 8.15. The number of carbonyl (C=O) groups excluding carboxylic acids is 1. The van der Waals surface area contributed by atoms with E-state index in [0.717, 1.165) is 35.6 Å². The maximum atomic E-state index is 12.1. The fourth-order valence-corrected chi connectivity index (χ4v) is 2.75. The molecule has 0 radical (unpaired) electrons. The molecule has 6 heteroatoms. The number of amides is 2. The van der Waals surface area contributed by atoms with Crippen LogP contribution in [0.25, 0.3) is 6.08 Å². The van der Waals surface area contributed by atoms with E-state index in [1.165, 1.54) is 0 Å². The molecule has 0 saturated carbocycles. The van der Waals surface area contributed by atoms with Crippen molar-refractivity contribution in [2.75, 3.05) is 23.3 Å². The molecule has 2 N–H and O–H groups in total. The molecule has 0 aliphatic heterocycles. The Morgan fingerprint density at radius 3 is 2.46 bits per heavy atom. The molecular weight excluding hydrogens is 369 g/mol. The van der Waals surface area contributed by atoms with Gasteiger partial charge in [0.15, 0.2) is 0 Å². The second kappa shape index (κ2) is 10.7. The standard InChI is InChI=1S/C20H24ClN3O.ClH/c1-4-24(5-2)17-10-11-19(15(3)14-17)23-20(25)22-13-12-16-8-6-7-9-18(16)21;/h6-14H,4-5H2,1-3H3,(H2,22,23,25);1H/p-1/b13-12+;. The number of carbonyl (C=O) groups is 1. The van der Waals surface area contributed by atoms with Crippen molar-refractivity contribution >= 4 is 35.1 Å². The minimum Gasteiger partial charge on any atom is -1.00 e. The zero-order valence-corrected chi connectivity index (χ0v) is 16.7. The summed E-state index contributed by atoms with van der Waals surface area (Å²) in [5.41, 5.74) is 3.82. The van der Waals surface area contributed by atoms with Crippen LogP contribution < -0.4 is 27.9 Å². The third-order valence-corrected chi connectivity index (χ3v) is 4.31. The molecular formula is C20H24Cl2N3O-. The quantitative estimate of drug-likeness (QED) is 0.791. The van der Waals surface area contributed by atoms with E-state index in [1.54, 1.807) is 12.3 Å². The van der Waals surface area contributed by atoms with Crippen LogP contribution in [0, 0.1) is 6.92 Å². The topological polar surface area (TPSA) is 44.4 Å². The fourth-order valence-electron chi connectivity index (χ4n) is 2.55. The molecule has 0 aliphatic carbocycles. The molecule has 140 valence electrons. The minimum atomic E-state index is -0.290. The van der Waals surface area contributed by atoms with Crippen LogP contribution in [0.1, 0.15) is 25.0 Å². The molecule has 26 heavy (non-hydrogen) atoms. The third-order valence-electron chi connectivity index (χ3n) is 3.97. The number of hydrogen-bond donors (Lipinski definition) is 2. The molecule has 2 rings (SSSR count). The summed E-state index contributed by atoms with van der Waals surface area (Å²) in [5.74, 6) is 0. The molecule has 2 aromatic carbocycles. The van der Waals surface area contributed by atoms with Gasteiger partial charge in [-0.05, 0) is 62.2 Å². The molecule has 0 heterocycles. The molecule has 2 aromatic rings. The van der Waals surface area contributed by atoms with Gasteiger partial charge in [-0.25, -0.2) is 4.79 Å². The highest BCUT2D eigenvalue weighted by Crippen LogP contribution is 2.22. The van der Waals surface area contributed by atoms with E-state index < -0.39 is 0 Å². The van der Waals surface area contributed by atoms with Gasteiger partial charge in [0.05, 0.1) is 0 Å². The van der Waals surface area contributed by atoms with Gasteiger partial charge in [0.25, 0.3) is 0 Å². The smallest absolute Gasteiger partial charge is 0.323 e. The van der Waals surface area contributed by atoms with Crippen LogP contribution in [0.15, 0.2) is 48.7 Å². The lowest BCUT2D eigenvalue weighted by molar-refractivity contribution is -0.00000817. The highest BCUT2D eigenvalue weighted by Gasteiger charge is 2.07. The van der Waals surface area contributed by atoms with E-state index >= 15 is 0 Å². The van der Waals surface area contributed by atoms with Crippen molar-refractivity contribution in [2.24, 2.45) is 0 Å². The third kappa shape index (κ3) is 5.97. The maximum Gasteiger partial charge on any atom is 0.323 e. The van der Waals surface area contributed by atoms with Crippen molar-refractivity contribution in [3.63, 3.8) is 0 Å². The van der Waals surface area contributed by atoms with Crippen LogP contribution >= 0.6 is 11.6 Å². The van der Waals surface area contributed by atoms with Gasteiger partial charge in [0, 0.05) is 35.7 Å². The van der Waals surface area contributed by atoms with Gasteiger partial charge in [0.1, 0.15) is 0 Å². The van der Waals surface area contributed by atoms with Crippen molar-refractivity contribution in [1.29, 1.82) is 0 Å². The summed E-state index contributed by atoms with van der Waals surface area (Å²) < 4.78 is 0. The molecule has 0 aliphatic rings. The van der Waals surface area contributed by atoms with Crippen LogP contribution in [0.3, 0.4) is 0 Å². The summed E-state index contributed by atoms with van der Waals surface area (Å²) in [4.78, 5) is 14.3. The van der Waals surface area contributed by atoms with Crippen LogP contribution in [-0.4, -0.2) is 19.1 Å². The second-order valence-electron chi connectivity index (χ2n) is 5.62. The minimum absolute atomic E-state index is 0. The number of anilines is 2. The van der Waals surface area contributed by atoms with Gasteiger partial charge >= 0.3 is 6.03 Å². The monoisotopic (exact) mass is 392 g/mol. The summed E-state index contributed by atoms with van der Waals surface area (Å²) in [5, 5.41) is 6.20. The van der Waals surface area contributed by atoms with Crippen molar-refractivity contribution < 1.29 is 17.2 Å². The van der Waals surface area contributed by atoms with E-state index in [9.17, 15) is 4.79 Å². The van der Waals surface area contributed by atoms with Gasteiger partial charge < -0.3 is 27.9 Å². The Kier molecular flexibility index (Phi) is 9.03. The Balaban J connectivity index is 0.00000338. The van der Waals surface area contributed by atoms with Gasteiger partial charge in [0.2, 0.25) is 0 Å². The first-order valence-electron chi connectivity index (χ1n) is 8.39. The number of urea groups is 1. The lowest BCUT2D eigenvalue weighted by Gasteiger charge is -2.22. The van der Waals surface area contributed by atoms with E-state index in [2.05, 4.69) is 35.4 Å². The van der Waals surface area contributed by atoms with E-state index in [0.29, 0.717) is 5.02 Å². The molecule has 0 fully saturated rings. The molecule has 0 aromatic heterocycles. The van der Waals surface area contributed by atoms with E-state index in [4.69, 9.17) is 11.6 Å². The highest BCUT2D eigenvalue weighted by molar-refractivity contribution is 6.32. The first-order chi connectivity index (χ1) is 12.0. The number of nitrogens with zero attached hydrogens (tertiary/aromatic N) is 1. The number of rotatable bonds is 6. The molecule has 0 bridgehead atoms. The van der Waals surface area contributed by atoms with Gasteiger partial charge in [-0.2, -0.15) is 0 Å². The van der Waals surface area contributed by atoms with Crippen molar-refractivity contribution in [1.82, 2.24) is 5.32 Å². The lowest BCUT2D eigenvalue weighted by Crippen LogP contribution is -3.00. The normalized spacial score (nSPS) is 10.3. The summed E-state index contributed by atoms with van der Waals surface area (Å²) in [6.07, 6.45) is 3.34. The second-order valence-corrected chi connectivity index (χ2v) is 6.03. The Labute approximate surface area is 166 Å². The zero-order valence-electron chi connectivity index (χ0n) is 15.2. The fraction of sp³-hybridized carbons (Fsp3) is 0.250. The molecule has 2 amide bonds. The average molecular weight is 393 g/mol. The van der Waals surface area contributed by atoms with Crippen LogP contribution in [0.2, 0.25) is 5.02 Å². The van der Waals surface area contributed by atoms with Crippen molar-refractivity contribution in [3.05, 3.63) is 64.8 Å². The molecule has 0 saturated heterocycles. The first-order valence-corrected chi connectivity index (χ1v) is 8.77. The Hall–Kier alpha value is -2.17. The summed E-state index contributed by atoms with van der Waals surface area (Å²) in [6, 6.07) is 13.2. The SMILES string of the molecule is CCN(CC)c1ccc(NC(=O)N/C=C/c2ccccc2Cl)c(C)c1.[Cl-]. The summed E-state index contributed by atoms with van der Waals surface area (Å²) >= 11 is 6.07. The van der Waals surface area contributed by atoms with Crippen LogP contribution in [-0.2, 0) is 0 Å². The highest BCUT2D eigenvalue weighted by atomic mass is 35.5. The maximum absolute atomic E-state index is 12.1. The van der Waals surface area contributed by atoms with Crippen molar-refractivity contribution in [2.45, 2.75) is 20.8 Å². The molecule has 4 nitrogen and oxygen atoms in total. The number of nitrogens with one attached hydrogen (secondary N) is 2. The predicted octanol–water partition coefficient (Wildman–Crippen LogP) is 2.29. The number of aryl methyl sites for hydroxylation is 1. The zero-order chi connectivity index (χ0) is 18.2. The van der Waals surface area contributed by atoms with E-state index in [1.807, 2.05) is 43.3 Å². The molecule has 0 unspecified atom stereocenters. The number of halogens is 2. The number of hydrogen-bond acceptors (Lipinski definition) is 2. The van der Waals surface area contributed by atoms with E-state index in [-0.39, 0.29) is 18.4 Å². The summed E-state index contributed by atoms with van der Waals surface area (Å²) in [7, 11) is 0. The van der Waals surface area contributed by atoms with Gasteiger partial charge in [-0.15, -0.1) is 0 Å². The largest absolute Gasteiger partial charge is 1.00 e. The Morgan fingerprint density at radius 2 is 1.85 bits per heavy atom. The Morgan fingerprint density at radius 1 is 1.15 bits per heavy atom. The Bertz CT molecular complexity index is 758. The lowest BCUT2D eigenvalue weighted by atomic mass is 10.1. The predicted molar refractivity (Wildman–Crippen MR) is 107 cm³/mol. The average Bonchev–Trinajstić information content (AvgIpc) is 2.60. The van der Waals surface area contributed by atoms with Crippen molar-refractivity contribution in [3.8, 4) is 0 Å². The van der Waals surface area contributed by atoms with Gasteiger partial charge in [-0.1, -0.05) is 29.8 Å². The number of benzene rings is 2. The van der Waals surface area contributed by atoms with Gasteiger partial charge in [-0.3, -0.25) is 0 Å². The molecule has 0 spiro atoms.